The third-order valence-electron chi connectivity index (χ3n) is 5.75. The Hall–Kier alpha value is -1.25. The van der Waals surface area contributed by atoms with Crippen LogP contribution in [0.5, 0.6) is 0 Å². The van der Waals surface area contributed by atoms with Gasteiger partial charge in [-0.05, 0) is 36.8 Å². The monoisotopic (exact) mass is 488 g/mol. The van der Waals surface area contributed by atoms with Gasteiger partial charge in [0.2, 0.25) is 5.91 Å². The van der Waals surface area contributed by atoms with E-state index in [4.69, 9.17) is 4.42 Å². The van der Waals surface area contributed by atoms with E-state index in [1.54, 1.807) is 25.3 Å². The van der Waals surface area contributed by atoms with E-state index in [2.05, 4.69) is 15.2 Å². The second-order valence-corrected chi connectivity index (χ2v) is 7.92. The van der Waals surface area contributed by atoms with Crippen LogP contribution in [0.3, 0.4) is 0 Å². The van der Waals surface area contributed by atoms with Crippen LogP contribution in [0.2, 0.25) is 0 Å². The number of likely N-dealkylation sites (tertiary alicyclic amines) is 1. The molecule has 1 spiro atoms. The van der Waals surface area contributed by atoms with Gasteiger partial charge in [0.1, 0.15) is 12.3 Å². The fraction of sp³-hybridized carbons (Fsp3) is 0.700. The third kappa shape index (κ3) is 6.12. The number of rotatable bonds is 5. The molecule has 2 aliphatic rings. The molecule has 27 heavy (non-hydrogen) atoms. The van der Waals surface area contributed by atoms with Crippen LogP contribution in [0.25, 0.3) is 0 Å². The maximum atomic E-state index is 12.0. The summed E-state index contributed by atoms with van der Waals surface area (Å²) in [5, 5.41) is 3.46. The van der Waals surface area contributed by atoms with Crippen molar-refractivity contribution in [2.75, 3.05) is 40.3 Å². The van der Waals surface area contributed by atoms with Gasteiger partial charge >= 0.3 is 0 Å². The zero-order valence-corrected chi connectivity index (χ0v) is 18.9. The number of halogens is 1. The average molecular weight is 488 g/mol. The van der Waals surface area contributed by atoms with Crippen LogP contribution in [0.4, 0.5) is 0 Å². The predicted molar refractivity (Wildman–Crippen MR) is 119 cm³/mol. The van der Waals surface area contributed by atoms with E-state index in [0.29, 0.717) is 5.41 Å². The first kappa shape index (κ1) is 22.0. The first-order valence-electron chi connectivity index (χ1n) is 9.84. The molecule has 1 aromatic rings. The van der Waals surface area contributed by atoms with Gasteiger partial charge in [-0.3, -0.25) is 4.79 Å². The van der Waals surface area contributed by atoms with Gasteiger partial charge in [0.05, 0.1) is 6.26 Å². The number of nitrogens with zero attached hydrogens (tertiary/aromatic N) is 3. The SMILES string of the molecule is CN(C)C(=O)CN=C(NCCc1ccco1)N1CCC2(CCCCC2)C1.I. The number of hydrogen-bond acceptors (Lipinski definition) is 3. The van der Waals surface area contributed by atoms with Crippen LogP contribution in [-0.2, 0) is 11.2 Å². The van der Waals surface area contributed by atoms with Crippen LogP contribution in [-0.4, -0.2) is 61.9 Å². The highest BCUT2D eigenvalue weighted by Gasteiger charge is 2.39. The number of hydrogen-bond donors (Lipinski definition) is 1. The van der Waals surface area contributed by atoms with Crippen molar-refractivity contribution in [3.63, 3.8) is 0 Å². The molecule has 0 aromatic carbocycles. The zero-order chi connectivity index (χ0) is 18.4. The molecule has 1 aliphatic carbocycles. The molecule has 3 rings (SSSR count). The highest BCUT2D eigenvalue weighted by molar-refractivity contribution is 14.0. The molecule has 1 N–H and O–H groups in total. The van der Waals surface area contributed by atoms with E-state index in [-0.39, 0.29) is 36.4 Å². The molecule has 2 fully saturated rings. The average Bonchev–Trinajstić information content (AvgIpc) is 3.29. The Labute approximate surface area is 179 Å². The molecule has 0 unspecified atom stereocenters. The highest BCUT2D eigenvalue weighted by atomic mass is 127. The maximum absolute atomic E-state index is 12.0. The predicted octanol–water partition coefficient (Wildman–Crippen LogP) is 3.13. The Morgan fingerprint density at radius 3 is 2.74 bits per heavy atom. The van der Waals surface area contributed by atoms with Gasteiger partial charge in [0.25, 0.3) is 0 Å². The summed E-state index contributed by atoms with van der Waals surface area (Å²) in [5.74, 6) is 1.86. The van der Waals surface area contributed by atoms with Crippen molar-refractivity contribution in [1.29, 1.82) is 0 Å². The number of amides is 1. The zero-order valence-electron chi connectivity index (χ0n) is 16.6. The lowest BCUT2D eigenvalue weighted by atomic mass is 9.73. The summed E-state index contributed by atoms with van der Waals surface area (Å²) in [6.45, 7) is 3.05. The second-order valence-electron chi connectivity index (χ2n) is 7.92. The van der Waals surface area contributed by atoms with Crippen LogP contribution in [0, 0.1) is 5.41 Å². The number of aliphatic imine (C=N–C) groups is 1. The lowest BCUT2D eigenvalue weighted by molar-refractivity contribution is -0.127. The van der Waals surface area contributed by atoms with E-state index >= 15 is 0 Å². The molecule has 1 aliphatic heterocycles. The largest absolute Gasteiger partial charge is 0.469 e. The molecular weight excluding hydrogens is 455 g/mol. The molecule has 1 saturated carbocycles. The van der Waals surface area contributed by atoms with E-state index < -0.39 is 0 Å². The summed E-state index contributed by atoms with van der Waals surface area (Å²) in [5.41, 5.74) is 0.466. The van der Waals surface area contributed by atoms with Crippen LogP contribution in [0.15, 0.2) is 27.8 Å². The van der Waals surface area contributed by atoms with E-state index in [1.807, 2.05) is 12.1 Å². The molecule has 0 atom stereocenters. The Bertz CT molecular complexity index is 610. The van der Waals surface area contributed by atoms with E-state index in [0.717, 1.165) is 37.8 Å². The van der Waals surface area contributed by atoms with Crippen LogP contribution < -0.4 is 5.32 Å². The van der Waals surface area contributed by atoms with Crippen molar-refractivity contribution in [1.82, 2.24) is 15.1 Å². The molecule has 152 valence electrons. The number of likely N-dealkylation sites (N-methyl/N-ethyl adjacent to an activating group) is 1. The number of guanidine groups is 1. The molecule has 1 aromatic heterocycles. The first-order chi connectivity index (χ1) is 12.6. The minimum atomic E-state index is 0. The van der Waals surface area contributed by atoms with Crippen LogP contribution in [0.1, 0.15) is 44.3 Å². The fourth-order valence-electron chi connectivity index (χ4n) is 4.13. The number of furan rings is 1. The molecule has 7 heteroatoms. The summed E-state index contributed by atoms with van der Waals surface area (Å²) >= 11 is 0. The maximum Gasteiger partial charge on any atom is 0.243 e. The quantitative estimate of drug-likeness (QED) is 0.393. The summed E-state index contributed by atoms with van der Waals surface area (Å²) in [6, 6.07) is 3.90. The van der Waals surface area contributed by atoms with Gasteiger partial charge in [-0.1, -0.05) is 19.3 Å². The summed E-state index contributed by atoms with van der Waals surface area (Å²) in [7, 11) is 3.55. The van der Waals surface area contributed by atoms with Crippen molar-refractivity contribution in [2.24, 2.45) is 10.4 Å². The lowest BCUT2D eigenvalue weighted by Crippen LogP contribution is -2.43. The fourth-order valence-corrected chi connectivity index (χ4v) is 4.13. The van der Waals surface area contributed by atoms with Gasteiger partial charge in [0.15, 0.2) is 5.96 Å². The van der Waals surface area contributed by atoms with Crippen molar-refractivity contribution in [3.05, 3.63) is 24.2 Å². The van der Waals surface area contributed by atoms with Gasteiger partial charge in [-0.15, -0.1) is 24.0 Å². The van der Waals surface area contributed by atoms with Crippen molar-refractivity contribution >= 4 is 35.8 Å². The van der Waals surface area contributed by atoms with Crippen molar-refractivity contribution < 1.29 is 9.21 Å². The molecular formula is C20H33IN4O2. The summed E-state index contributed by atoms with van der Waals surface area (Å²) in [6.07, 6.45) is 10.5. The number of nitrogens with one attached hydrogen (secondary N) is 1. The van der Waals surface area contributed by atoms with E-state index in [9.17, 15) is 4.79 Å². The molecule has 0 radical (unpaired) electrons. The van der Waals surface area contributed by atoms with Gasteiger partial charge < -0.3 is 19.5 Å². The van der Waals surface area contributed by atoms with Crippen molar-refractivity contribution in [3.8, 4) is 0 Å². The topological polar surface area (TPSA) is 61.1 Å². The standard InChI is InChI=1S/C20H32N4O2.HI/c1-23(2)18(25)15-22-19(21-12-8-17-7-6-14-26-17)24-13-11-20(16-24)9-4-3-5-10-20;/h6-7,14H,3-5,8-13,15-16H2,1-2H3,(H,21,22);1H. The third-order valence-corrected chi connectivity index (χ3v) is 5.75. The van der Waals surface area contributed by atoms with Gasteiger partial charge in [0, 0.05) is 40.2 Å². The van der Waals surface area contributed by atoms with E-state index in [1.165, 1.54) is 38.5 Å². The smallest absolute Gasteiger partial charge is 0.243 e. The molecule has 1 saturated heterocycles. The second kappa shape index (κ2) is 10.3. The highest BCUT2D eigenvalue weighted by Crippen LogP contribution is 2.43. The summed E-state index contributed by atoms with van der Waals surface area (Å²) < 4.78 is 5.41. The molecule has 6 nitrogen and oxygen atoms in total. The Balaban J connectivity index is 0.00000261. The van der Waals surface area contributed by atoms with Crippen molar-refractivity contribution in [2.45, 2.75) is 44.9 Å². The summed E-state index contributed by atoms with van der Waals surface area (Å²) in [4.78, 5) is 20.6. The minimum absolute atomic E-state index is 0. The van der Waals surface area contributed by atoms with Crippen LogP contribution >= 0.6 is 24.0 Å². The number of carbonyl (C=O) groups excluding carboxylic acids is 1. The molecule has 1 amide bonds. The lowest BCUT2D eigenvalue weighted by Gasteiger charge is -2.33. The Kier molecular flexibility index (Phi) is 8.44. The first-order valence-corrected chi connectivity index (χ1v) is 9.84. The Morgan fingerprint density at radius 1 is 1.30 bits per heavy atom. The molecule has 0 bridgehead atoms. The minimum Gasteiger partial charge on any atom is -0.469 e. The molecule has 2 heterocycles. The van der Waals surface area contributed by atoms with Gasteiger partial charge in [-0.2, -0.15) is 0 Å². The normalized spacial score (nSPS) is 19.0. The van der Waals surface area contributed by atoms with Gasteiger partial charge in [-0.25, -0.2) is 4.99 Å². The Morgan fingerprint density at radius 2 is 2.07 bits per heavy atom. The number of carbonyl (C=O) groups is 1.